The van der Waals surface area contributed by atoms with E-state index in [1.54, 1.807) is 35.0 Å². The van der Waals surface area contributed by atoms with E-state index in [9.17, 15) is 14.0 Å². The van der Waals surface area contributed by atoms with Crippen molar-refractivity contribution >= 4 is 11.8 Å². The molecular formula is C16H22FN3O2. The highest BCUT2D eigenvalue weighted by molar-refractivity contribution is 5.80. The largest absolute Gasteiger partial charge is 0.369 e. The van der Waals surface area contributed by atoms with Crippen LogP contribution in [0.2, 0.25) is 0 Å². The monoisotopic (exact) mass is 307 g/mol. The number of nitrogens with two attached hydrogens (primary N) is 1. The highest BCUT2D eigenvalue weighted by atomic mass is 19.1. The number of nitrogens with zero attached hydrogens (tertiary/aromatic N) is 2. The second kappa shape index (κ2) is 7.35. The van der Waals surface area contributed by atoms with Gasteiger partial charge in [-0.1, -0.05) is 18.2 Å². The van der Waals surface area contributed by atoms with Gasteiger partial charge < -0.3 is 10.6 Å². The fraction of sp³-hybridized carbons (Fsp3) is 0.500. The van der Waals surface area contributed by atoms with Crippen LogP contribution in [0.15, 0.2) is 24.3 Å². The molecule has 1 aliphatic rings. The Morgan fingerprint density at radius 1 is 1.32 bits per heavy atom. The molecule has 6 heteroatoms. The summed E-state index contributed by atoms with van der Waals surface area (Å²) in [6.07, 6.45) is 1.25. The minimum Gasteiger partial charge on any atom is -0.369 e. The van der Waals surface area contributed by atoms with Gasteiger partial charge in [-0.05, 0) is 26.0 Å². The Balaban J connectivity index is 1.82. The van der Waals surface area contributed by atoms with Crippen LogP contribution >= 0.6 is 0 Å². The Bertz CT molecular complexity index is 542. The molecule has 1 heterocycles. The van der Waals surface area contributed by atoms with Crippen molar-refractivity contribution in [2.75, 3.05) is 26.7 Å². The molecule has 1 fully saturated rings. The lowest BCUT2D eigenvalue weighted by Gasteiger charge is -2.31. The van der Waals surface area contributed by atoms with Gasteiger partial charge in [-0.15, -0.1) is 0 Å². The molecule has 2 rings (SSSR count). The normalized spacial score (nSPS) is 16.0. The van der Waals surface area contributed by atoms with Crippen LogP contribution in [-0.2, 0) is 16.1 Å². The van der Waals surface area contributed by atoms with Gasteiger partial charge >= 0.3 is 0 Å². The number of benzene rings is 1. The highest BCUT2D eigenvalue weighted by Crippen LogP contribution is 2.17. The van der Waals surface area contributed by atoms with E-state index in [2.05, 4.69) is 0 Å². The zero-order valence-electron chi connectivity index (χ0n) is 12.8. The molecule has 5 nitrogen and oxygen atoms in total. The number of likely N-dealkylation sites (tertiary alicyclic amines) is 1. The van der Waals surface area contributed by atoms with Crippen LogP contribution in [0, 0.1) is 11.7 Å². The van der Waals surface area contributed by atoms with Gasteiger partial charge in [-0.2, -0.15) is 0 Å². The van der Waals surface area contributed by atoms with Crippen LogP contribution in [-0.4, -0.2) is 48.3 Å². The van der Waals surface area contributed by atoms with Gasteiger partial charge in [0.15, 0.2) is 0 Å². The summed E-state index contributed by atoms with van der Waals surface area (Å²) in [6, 6.07) is 6.56. The van der Waals surface area contributed by atoms with Gasteiger partial charge in [0.05, 0.1) is 6.54 Å². The number of likely N-dealkylation sites (N-methyl/N-ethyl adjacent to an activating group) is 1. The summed E-state index contributed by atoms with van der Waals surface area (Å²) < 4.78 is 13.6. The van der Waals surface area contributed by atoms with Crippen LogP contribution in [0.1, 0.15) is 18.4 Å². The van der Waals surface area contributed by atoms with E-state index in [1.165, 1.54) is 6.07 Å². The Morgan fingerprint density at radius 3 is 2.55 bits per heavy atom. The molecule has 0 aromatic heterocycles. The number of hydrogen-bond acceptors (Lipinski definition) is 3. The lowest BCUT2D eigenvalue weighted by molar-refractivity contribution is -0.135. The number of carbonyl (C=O) groups is 2. The Kier molecular flexibility index (Phi) is 5.49. The van der Waals surface area contributed by atoms with Crippen molar-refractivity contribution < 1.29 is 14.0 Å². The number of hydrogen-bond donors (Lipinski definition) is 1. The first kappa shape index (κ1) is 16.4. The Labute approximate surface area is 129 Å². The fourth-order valence-corrected chi connectivity index (χ4v) is 2.72. The fourth-order valence-electron chi connectivity index (χ4n) is 2.72. The van der Waals surface area contributed by atoms with Crippen molar-refractivity contribution in [1.29, 1.82) is 0 Å². The standard InChI is InChI=1S/C16H22FN3O2/c1-19(10-13-4-2-3-5-14(13)17)11-15(21)20-8-6-12(7-9-20)16(18)22/h2-5,12H,6-11H2,1H3,(H2,18,22). The molecule has 0 unspecified atom stereocenters. The first-order valence-electron chi connectivity index (χ1n) is 7.46. The molecule has 2 amide bonds. The molecule has 1 aromatic carbocycles. The molecule has 0 saturated carbocycles. The minimum absolute atomic E-state index is 0.00163. The Morgan fingerprint density at radius 2 is 1.95 bits per heavy atom. The average molecular weight is 307 g/mol. The van der Waals surface area contributed by atoms with E-state index in [0.29, 0.717) is 38.0 Å². The highest BCUT2D eigenvalue weighted by Gasteiger charge is 2.26. The third-order valence-corrected chi connectivity index (χ3v) is 4.05. The van der Waals surface area contributed by atoms with Crippen LogP contribution in [0.3, 0.4) is 0 Å². The summed E-state index contributed by atoms with van der Waals surface area (Å²) >= 11 is 0. The molecule has 2 N–H and O–H groups in total. The lowest BCUT2D eigenvalue weighted by Crippen LogP contribution is -2.45. The number of piperidine rings is 1. The van der Waals surface area contributed by atoms with E-state index in [-0.39, 0.29) is 30.1 Å². The zero-order valence-corrected chi connectivity index (χ0v) is 12.8. The van der Waals surface area contributed by atoms with Crippen LogP contribution < -0.4 is 5.73 Å². The van der Waals surface area contributed by atoms with Crippen molar-refractivity contribution in [3.05, 3.63) is 35.6 Å². The second-order valence-corrected chi connectivity index (χ2v) is 5.82. The van der Waals surface area contributed by atoms with E-state index in [0.717, 1.165) is 0 Å². The molecule has 0 spiro atoms. The molecule has 0 bridgehead atoms. The van der Waals surface area contributed by atoms with E-state index < -0.39 is 0 Å². The number of amides is 2. The van der Waals surface area contributed by atoms with Crippen LogP contribution in [0.25, 0.3) is 0 Å². The first-order chi connectivity index (χ1) is 10.5. The first-order valence-corrected chi connectivity index (χ1v) is 7.46. The van der Waals surface area contributed by atoms with Crippen molar-refractivity contribution in [2.24, 2.45) is 11.7 Å². The zero-order chi connectivity index (χ0) is 16.1. The van der Waals surface area contributed by atoms with E-state index in [1.807, 2.05) is 0 Å². The number of halogens is 1. The number of rotatable bonds is 5. The quantitative estimate of drug-likeness (QED) is 0.882. The summed E-state index contributed by atoms with van der Waals surface area (Å²) in [6.45, 7) is 1.73. The van der Waals surface area contributed by atoms with Gasteiger partial charge in [-0.3, -0.25) is 14.5 Å². The molecule has 0 aliphatic carbocycles. The molecular weight excluding hydrogens is 285 g/mol. The maximum Gasteiger partial charge on any atom is 0.236 e. The molecule has 0 radical (unpaired) electrons. The smallest absolute Gasteiger partial charge is 0.236 e. The lowest BCUT2D eigenvalue weighted by atomic mass is 9.96. The van der Waals surface area contributed by atoms with Gasteiger partial charge in [0.25, 0.3) is 0 Å². The average Bonchev–Trinajstić information content (AvgIpc) is 2.49. The molecule has 1 aliphatic heterocycles. The van der Waals surface area contributed by atoms with Gasteiger partial charge in [-0.25, -0.2) is 4.39 Å². The SMILES string of the molecule is CN(CC(=O)N1CCC(C(N)=O)CC1)Cc1ccccc1F. The predicted molar refractivity (Wildman–Crippen MR) is 81.2 cm³/mol. The summed E-state index contributed by atoms with van der Waals surface area (Å²) in [5.41, 5.74) is 5.86. The summed E-state index contributed by atoms with van der Waals surface area (Å²) in [7, 11) is 1.79. The molecule has 1 saturated heterocycles. The van der Waals surface area contributed by atoms with Crippen molar-refractivity contribution in [2.45, 2.75) is 19.4 Å². The van der Waals surface area contributed by atoms with Crippen LogP contribution in [0.4, 0.5) is 4.39 Å². The van der Waals surface area contributed by atoms with Crippen LogP contribution in [0.5, 0.6) is 0 Å². The third kappa shape index (κ3) is 4.27. The van der Waals surface area contributed by atoms with E-state index >= 15 is 0 Å². The molecule has 22 heavy (non-hydrogen) atoms. The van der Waals surface area contributed by atoms with Crippen molar-refractivity contribution in [3.8, 4) is 0 Å². The van der Waals surface area contributed by atoms with E-state index in [4.69, 9.17) is 5.73 Å². The van der Waals surface area contributed by atoms with Gasteiger partial charge in [0.1, 0.15) is 5.82 Å². The molecule has 1 aromatic rings. The summed E-state index contributed by atoms with van der Waals surface area (Å²) in [5.74, 6) is -0.671. The maximum absolute atomic E-state index is 13.6. The maximum atomic E-state index is 13.6. The topological polar surface area (TPSA) is 66.6 Å². The van der Waals surface area contributed by atoms with Gasteiger partial charge in [0, 0.05) is 31.1 Å². The minimum atomic E-state index is -0.288. The summed E-state index contributed by atoms with van der Waals surface area (Å²) in [4.78, 5) is 26.9. The third-order valence-electron chi connectivity index (χ3n) is 4.05. The van der Waals surface area contributed by atoms with Crippen molar-refractivity contribution in [3.63, 3.8) is 0 Å². The predicted octanol–water partition coefficient (Wildman–Crippen LogP) is 0.981. The number of primary amides is 1. The second-order valence-electron chi connectivity index (χ2n) is 5.82. The van der Waals surface area contributed by atoms with Crippen molar-refractivity contribution in [1.82, 2.24) is 9.80 Å². The number of carbonyl (C=O) groups excluding carboxylic acids is 2. The Hall–Kier alpha value is -1.95. The summed E-state index contributed by atoms with van der Waals surface area (Å²) in [5, 5.41) is 0. The molecule has 0 atom stereocenters. The van der Waals surface area contributed by atoms with Gasteiger partial charge in [0.2, 0.25) is 11.8 Å². The molecule has 120 valence electrons.